The highest BCUT2D eigenvalue weighted by atomic mass is 16.4. The van der Waals surface area contributed by atoms with Gasteiger partial charge in [0.2, 0.25) is 0 Å². The molecule has 8 heteroatoms. The fourth-order valence-corrected chi connectivity index (χ4v) is 1.72. The summed E-state index contributed by atoms with van der Waals surface area (Å²) in [6.45, 7) is 1.99. The minimum Gasteiger partial charge on any atom is -0.508 e. The fourth-order valence-electron chi connectivity index (χ4n) is 1.72. The number of azide groups is 1. The van der Waals surface area contributed by atoms with Gasteiger partial charge in [0.15, 0.2) is 0 Å². The predicted molar refractivity (Wildman–Crippen MR) is 71.4 cm³/mol. The number of aliphatic carboxylic acids is 1. The molecule has 0 aliphatic carbocycles. The molecule has 0 heterocycles. The summed E-state index contributed by atoms with van der Waals surface area (Å²) in [4.78, 5) is 14.1. The molecule has 0 aliphatic heterocycles. The Balaban J connectivity index is 2.90. The molecule has 0 saturated carbocycles. The van der Waals surface area contributed by atoms with E-state index in [9.17, 15) is 20.1 Å². The zero-order valence-electron chi connectivity index (χ0n) is 10.9. The summed E-state index contributed by atoms with van der Waals surface area (Å²) in [5.74, 6) is -1.59. The zero-order chi connectivity index (χ0) is 15.2. The molecule has 0 aromatic heterocycles. The molecule has 108 valence electrons. The van der Waals surface area contributed by atoms with Crippen molar-refractivity contribution >= 4 is 5.97 Å². The summed E-state index contributed by atoms with van der Waals surface area (Å²) in [7, 11) is 0. The number of phenolic OH excluding ortho intramolecular Hbond substituents is 2. The maximum Gasteiger partial charge on any atom is 0.328 e. The highest BCUT2D eigenvalue weighted by Crippen LogP contribution is 2.29. The molecule has 20 heavy (non-hydrogen) atoms. The van der Waals surface area contributed by atoms with Crippen LogP contribution in [-0.4, -0.2) is 34.4 Å². The Morgan fingerprint density at radius 3 is 2.50 bits per heavy atom. The van der Waals surface area contributed by atoms with Gasteiger partial charge in [0.1, 0.15) is 17.0 Å². The second-order valence-electron chi connectivity index (χ2n) is 4.40. The molecule has 1 aromatic carbocycles. The van der Waals surface area contributed by atoms with Gasteiger partial charge in [-0.2, -0.15) is 0 Å². The van der Waals surface area contributed by atoms with Crippen molar-refractivity contribution in [3.63, 3.8) is 0 Å². The average molecular weight is 280 g/mol. The molecule has 1 atom stereocenters. The molecule has 0 aliphatic rings. The van der Waals surface area contributed by atoms with E-state index in [1.54, 1.807) is 0 Å². The Kier molecular flexibility index (Phi) is 5.19. The van der Waals surface area contributed by atoms with E-state index in [0.717, 1.165) is 6.07 Å². The second kappa shape index (κ2) is 6.65. The maximum atomic E-state index is 11.5. The topological polar surface area (TPSA) is 139 Å². The lowest BCUT2D eigenvalue weighted by Gasteiger charge is -2.27. The van der Waals surface area contributed by atoms with Gasteiger partial charge in [-0.3, -0.25) is 5.32 Å². The van der Waals surface area contributed by atoms with E-state index < -0.39 is 11.5 Å². The lowest BCUT2D eigenvalue weighted by Crippen LogP contribution is -2.47. The number of hydrogen-bond acceptors (Lipinski definition) is 5. The maximum absolute atomic E-state index is 11.5. The minimum absolute atomic E-state index is 0.219. The summed E-state index contributed by atoms with van der Waals surface area (Å²) < 4.78 is 0. The van der Waals surface area contributed by atoms with Gasteiger partial charge >= 0.3 is 5.97 Å². The van der Waals surface area contributed by atoms with Crippen LogP contribution >= 0.6 is 0 Å². The number of nitrogens with zero attached hydrogens (tertiary/aromatic N) is 3. The van der Waals surface area contributed by atoms with Crippen LogP contribution in [0, 0.1) is 0 Å². The molecule has 0 radical (unpaired) electrons. The molecule has 0 saturated heterocycles. The number of nitrogens with one attached hydrogen (secondary N) is 1. The van der Waals surface area contributed by atoms with Crippen molar-refractivity contribution in [3.8, 4) is 11.5 Å². The SMILES string of the molecule is CC(NCCCN=[N+]=[N-])(C(=O)O)c1cc(O)cc(O)c1. The van der Waals surface area contributed by atoms with Crippen molar-refractivity contribution in [2.24, 2.45) is 5.11 Å². The summed E-state index contributed by atoms with van der Waals surface area (Å²) in [5, 5.41) is 34.4. The lowest BCUT2D eigenvalue weighted by atomic mass is 9.91. The third-order valence-electron chi connectivity index (χ3n) is 2.88. The molecule has 4 N–H and O–H groups in total. The third-order valence-corrected chi connectivity index (χ3v) is 2.88. The summed E-state index contributed by atoms with van der Waals surface area (Å²) in [5.41, 5.74) is 6.90. The Bertz CT molecular complexity index is 522. The van der Waals surface area contributed by atoms with Gasteiger partial charge in [0.25, 0.3) is 0 Å². The number of carboxylic acids is 1. The predicted octanol–water partition coefficient (Wildman–Crippen LogP) is 1.69. The Hall–Kier alpha value is -2.44. The van der Waals surface area contributed by atoms with E-state index in [1.807, 2.05) is 0 Å². The number of rotatable bonds is 7. The molecule has 0 spiro atoms. The van der Waals surface area contributed by atoms with Gasteiger partial charge in [-0.25, -0.2) is 4.79 Å². The van der Waals surface area contributed by atoms with Gasteiger partial charge in [-0.05, 0) is 43.1 Å². The first kappa shape index (κ1) is 15.6. The normalized spacial score (nSPS) is 13.2. The third kappa shape index (κ3) is 3.78. The van der Waals surface area contributed by atoms with Gasteiger partial charge < -0.3 is 15.3 Å². The summed E-state index contributed by atoms with van der Waals surface area (Å²) in [6.07, 6.45) is 0.470. The number of carbonyl (C=O) groups is 1. The molecule has 1 aromatic rings. The van der Waals surface area contributed by atoms with Crippen molar-refractivity contribution < 1.29 is 20.1 Å². The van der Waals surface area contributed by atoms with Crippen LogP contribution in [0.25, 0.3) is 10.4 Å². The van der Waals surface area contributed by atoms with Crippen molar-refractivity contribution in [2.75, 3.05) is 13.1 Å². The van der Waals surface area contributed by atoms with E-state index in [4.69, 9.17) is 5.53 Å². The van der Waals surface area contributed by atoms with Crippen LogP contribution in [-0.2, 0) is 10.3 Å². The first-order valence-electron chi connectivity index (χ1n) is 5.93. The van der Waals surface area contributed by atoms with E-state index in [2.05, 4.69) is 15.3 Å². The van der Waals surface area contributed by atoms with E-state index in [-0.39, 0.29) is 23.6 Å². The van der Waals surface area contributed by atoms with Crippen molar-refractivity contribution in [1.82, 2.24) is 5.32 Å². The molecule has 0 bridgehead atoms. The quantitative estimate of drug-likeness (QED) is 0.260. The van der Waals surface area contributed by atoms with Crippen LogP contribution in [0.2, 0.25) is 0 Å². The lowest BCUT2D eigenvalue weighted by molar-refractivity contribution is -0.144. The van der Waals surface area contributed by atoms with Crippen molar-refractivity contribution in [2.45, 2.75) is 18.9 Å². The first-order valence-corrected chi connectivity index (χ1v) is 5.93. The number of hydrogen-bond donors (Lipinski definition) is 4. The Morgan fingerprint density at radius 1 is 1.40 bits per heavy atom. The molecular formula is C12H16N4O4. The van der Waals surface area contributed by atoms with Crippen LogP contribution in [0.5, 0.6) is 11.5 Å². The fraction of sp³-hybridized carbons (Fsp3) is 0.417. The molecule has 1 unspecified atom stereocenters. The number of benzene rings is 1. The second-order valence-corrected chi connectivity index (χ2v) is 4.40. The molecular weight excluding hydrogens is 264 g/mol. The monoisotopic (exact) mass is 280 g/mol. The van der Waals surface area contributed by atoms with Crippen LogP contribution in [0.15, 0.2) is 23.3 Å². The van der Waals surface area contributed by atoms with E-state index in [1.165, 1.54) is 19.1 Å². The Morgan fingerprint density at radius 2 is 2.00 bits per heavy atom. The first-order chi connectivity index (χ1) is 9.40. The van der Waals surface area contributed by atoms with Gasteiger partial charge in [-0.15, -0.1) is 0 Å². The number of phenols is 2. The molecule has 1 rings (SSSR count). The van der Waals surface area contributed by atoms with Crippen LogP contribution < -0.4 is 5.32 Å². The zero-order valence-corrected chi connectivity index (χ0v) is 10.9. The van der Waals surface area contributed by atoms with E-state index in [0.29, 0.717) is 13.0 Å². The van der Waals surface area contributed by atoms with Gasteiger partial charge in [0.05, 0.1) is 0 Å². The van der Waals surface area contributed by atoms with Gasteiger partial charge in [-0.1, -0.05) is 5.11 Å². The number of aromatic hydroxyl groups is 2. The summed E-state index contributed by atoms with van der Waals surface area (Å²) in [6, 6.07) is 3.66. The standard InChI is InChI=1S/C12H16N4O4/c1-12(11(19)20,14-3-2-4-15-16-13)8-5-9(17)7-10(18)6-8/h5-7,14,17-18H,2-4H2,1H3,(H,19,20). The highest BCUT2D eigenvalue weighted by molar-refractivity contribution is 5.80. The molecule has 8 nitrogen and oxygen atoms in total. The minimum atomic E-state index is -1.47. The van der Waals surface area contributed by atoms with Crippen molar-refractivity contribution in [1.29, 1.82) is 0 Å². The highest BCUT2D eigenvalue weighted by Gasteiger charge is 2.35. The largest absolute Gasteiger partial charge is 0.508 e. The van der Waals surface area contributed by atoms with E-state index >= 15 is 0 Å². The smallest absolute Gasteiger partial charge is 0.328 e. The molecule has 0 fully saturated rings. The van der Waals surface area contributed by atoms with Crippen molar-refractivity contribution in [3.05, 3.63) is 34.2 Å². The average Bonchev–Trinajstić information content (AvgIpc) is 2.36. The van der Waals surface area contributed by atoms with Crippen LogP contribution in [0.1, 0.15) is 18.9 Å². The summed E-state index contributed by atoms with van der Waals surface area (Å²) >= 11 is 0. The molecule has 0 amide bonds. The van der Waals surface area contributed by atoms with Crippen LogP contribution in [0.4, 0.5) is 0 Å². The van der Waals surface area contributed by atoms with Crippen LogP contribution in [0.3, 0.4) is 0 Å². The Labute approximate surface area is 115 Å². The van der Waals surface area contributed by atoms with Gasteiger partial charge in [0, 0.05) is 17.5 Å². The number of carboxylic acid groups (broad SMARTS) is 1.